The molecular formula is C7H6N4O. The Hall–Kier alpha value is -1.91. The summed E-state index contributed by atoms with van der Waals surface area (Å²) in [6.07, 6.45) is 6.34. The van der Waals surface area contributed by atoms with Crippen molar-refractivity contribution in [2.75, 3.05) is 0 Å². The van der Waals surface area contributed by atoms with Crippen LogP contribution in [0.25, 0.3) is 5.95 Å². The molecule has 0 radical (unpaired) electrons. The molecule has 2 aromatic rings. The molecule has 5 heteroatoms. The summed E-state index contributed by atoms with van der Waals surface area (Å²) in [7, 11) is 0. The van der Waals surface area contributed by atoms with Gasteiger partial charge in [0, 0.05) is 24.7 Å². The van der Waals surface area contributed by atoms with Gasteiger partial charge in [-0.1, -0.05) is 0 Å². The number of aromatic nitrogens is 4. The summed E-state index contributed by atoms with van der Waals surface area (Å²) >= 11 is 0. The summed E-state index contributed by atoms with van der Waals surface area (Å²) in [4.78, 5) is 21.2. The molecule has 0 aliphatic rings. The molecule has 0 aliphatic heterocycles. The number of imidazole rings is 1. The highest BCUT2D eigenvalue weighted by atomic mass is 16.1. The van der Waals surface area contributed by atoms with Crippen molar-refractivity contribution in [2.45, 2.75) is 0 Å². The third-order valence-electron chi connectivity index (χ3n) is 1.41. The van der Waals surface area contributed by atoms with E-state index in [1.807, 2.05) is 0 Å². The first-order valence-corrected chi connectivity index (χ1v) is 3.40. The number of nitrogens with zero attached hydrogens (tertiary/aromatic N) is 3. The zero-order chi connectivity index (χ0) is 8.39. The summed E-state index contributed by atoms with van der Waals surface area (Å²) in [6.45, 7) is 0. The van der Waals surface area contributed by atoms with Crippen LogP contribution in [-0.4, -0.2) is 19.5 Å². The molecule has 0 fully saturated rings. The van der Waals surface area contributed by atoms with Gasteiger partial charge in [0.1, 0.15) is 6.33 Å². The van der Waals surface area contributed by atoms with E-state index in [1.165, 1.54) is 12.3 Å². The molecule has 0 bridgehead atoms. The summed E-state index contributed by atoms with van der Waals surface area (Å²) in [5.74, 6) is 0.472. The summed E-state index contributed by atoms with van der Waals surface area (Å²) in [5.41, 5.74) is -0.172. The Morgan fingerprint density at radius 2 is 2.33 bits per heavy atom. The van der Waals surface area contributed by atoms with Gasteiger partial charge < -0.3 is 0 Å². The average Bonchev–Trinajstić information content (AvgIpc) is 2.56. The van der Waals surface area contributed by atoms with Crippen LogP contribution >= 0.6 is 0 Å². The first kappa shape index (κ1) is 6.78. The van der Waals surface area contributed by atoms with E-state index in [1.54, 1.807) is 23.3 Å². The maximum atomic E-state index is 10.9. The summed E-state index contributed by atoms with van der Waals surface area (Å²) in [5, 5.41) is 0. The maximum absolute atomic E-state index is 10.9. The fourth-order valence-corrected chi connectivity index (χ4v) is 0.875. The number of aromatic amines is 1. The van der Waals surface area contributed by atoms with Crippen molar-refractivity contribution in [3.05, 3.63) is 41.3 Å². The molecule has 60 valence electrons. The molecule has 1 N–H and O–H groups in total. The number of hydrogen-bond donors (Lipinski definition) is 1. The Morgan fingerprint density at radius 1 is 1.42 bits per heavy atom. The molecule has 0 atom stereocenters. The number of H-pyrrole nitrogens is 1. The summed E-state index contributed by atoms with van der Waals surface area (Å²) in [6, 6.07) is 1.36. The second kappa shape index (κ2) is 2.61. The first-order valence-electron chi connectivity index (χ1n) is 3.40. The van der Waals surface area contributed by atoms with E-state index in [9.17, 15) is 4.79 Å². The van der Waals surface area contributed by atoms with Gasteiger partial charge in [0.25, 0.3) is 5.56 Å². The van der Waals surface area contributed by atoms with Crippen LogP contribution < -0.4 is 5.56 Å². The van der Waals surface area contributed by atoms with Gasteiger partial charge in [-0.05, 0) is 0 Å². The SMILES string of the molecule is O=c1ccnc(-n2ccnc2)[nH]1. The van der Waals surface area contributed by atoms with E-state index < -0.39 is 0 Å². The van der Waals surface area contributed by atoms with Gasteiger partial charge in [-0.2, -0.15) is 0 Å². The van der Waals surface area contributed by atoms with Gasteiger partial charge in [-0.3, -0.25) is 14.3 Å². The molecule has 0 spiro atoms. The minimum absolute atomic E-state index is 0.172. The van der Waals surface area contributed by atoms with Crippen molar-refractivity contribution in [1.29, 1.82) is 0 Å². The van der Waals surface area contributed by atoms with E-state index in [2.05, 4.69) is 15.0 Å². The third-order valence-corrected chi connectivity index (χ3v) is 1.41. The predicted octanol–water partition coefficient (Wildman–Crippen LogP) is -0.0444. The molecule has 0 aromatic carbocycles. The molecule has 2 aromatic heterocycles. The third kappa shape index (κ3) is 1.12. The Balaban J connectivity index is 2.55. The van der Waals surface area contributed by atoms with Crippen LogP contribution in [0.2, 0.25) is 0 Å². The van der Waals surface area contributed by atoms with Crippen molar-refractivity contribution in [3.8, 4) is 5.95 Å². The van der Waals surface area contributed by atoms with Crippen LogP contribution in [0, 0.1) is 0 Å². The standard InChI is InChI=1S/C7H6N4O/c12-6-1-2-9-7(10-6)11-4-3-8-5-11/h1-5H,(H,9,10,12). The van der Waals surface area contributed by atoms with Crippen molar-refractivity contribution in [3.63, 3.8) is 0 Å². The molecule has 0 amide bonds. The lowest BCUT2D eigenvalue weighted by Gasteiger charge is -1.96. The average molecular weight is 162 g/mol. The van der Waals surface area contributed by atoms with Gasteiger partial charge in [0.2, 0.25) is 5.95 Å². The van der Waals surface area contributed by atoms with Crippen molar-refractivity contribution < 1.29 is 0 Å². The highest BCUT2D eigenvalue weighted by Gasteiger charge is 1.94. The van der Waals surface area contributed by atoms with Crippen molar-refractivity contribution >= 4 is 0 Å². The number of nitrogens with one attached hydrogen (secondary N) is 1. The van der Waals surface area contributed by atoms with E-state index in [4.69, 9.17) is 0 Å². The van der Waals surface area contributed by atoms with Crippen LogP contribution in [0.5, 0.6) is 0 Å². The van der Waals surface area contributed by atoms with E-state index in [0.29, 0.717) is 5.95 Å². The highest BCUT2D eigenvalue weighted by molar-refractivity contribution is 5.08. The van der Waals surface area contributed by atoms with E-state index in [-0.39, 0.29) is 5.56 Å². The Morgan fingerprint density at radius 3 is 3.00 bits per heavy atom. The van der Waals surface area contributed by atoms with Gasteiger partial charge in [0.05, 0.1) is 0 Å². The zero-order valence-corrected chi connectivity index (χ0v) is 6.14. The van der Waals surface area contributed by atoms with Crippen molar-refractivity contribution in [2.24, 2.45) is 0 Å². The fourth-order valence-electron chi connectivity index (χ4n) is 0.875. The Labute approximate surface area is 67.7 Å². The van der Waals surface area contributed by atoms with Crippen LogP contribution in [0.1, 0.15) is 0 Å². The normalized spacial score (nSPS) is 10.0. The maximum Gasteiger partial charge on any atom is 0.252 e. The summed E-state index contributed by atoms with van der Waals surface area (Å²) < 4.78 is 1.63. The van der Waals surface area contributed by atoms with Crippen LogP contribution in [-0.2, 0) is 0 Å². The fraction of sp³-hybridized carbons (Fsp3) is 0. The van der Waals surface area contributed by atoms with Gasteiger partial charge >= 0.3 is 0 Å². The molecule has 0 saturated carbocycles. The molecule has 0 unspecified atom stereocenters. The predicted molar refractivity (Wildman–Crippen MR) is 42.0 cm³/mol. The molecule has 0 aliphatic carbocycles. The topological polar surface area (TPSA) is 63.6 Å². The monoisotopic (exact) mass is 162 g/mol. The van der Waals surface area contributed by atoms with Gasteiger partial charge in [-0.15, -0.1) is 0 Å². The van der Waals surface area contributed by atoms with Crippen LogP contribution in [0.3, 0.4) is 0 Å². The lowest BCUT2D eigenvalue weighted by Crippen LogP contribution is -2.09. The van der Waals surface area contributed by atoms with Gasteiger partial charge in [-0.25, -0.2) is 9.97 Å². The largest absolute Gasteiger partial charge is 0.292 e. The molecular weight excluding hydrogens is 156 g/mol. The first-order chi connectivity index (χ1) is 5.86. The lowest BCUT2D eigenvalue weighted by atomic mass is 10.6. The van der Waals surface area contributed by atoms with E-state index >= 15 is 0 Å². The molecule has 12 heavy (non-hydrogen) atoms. The smallest absolute Gasteiger partial charge is 0.252 e. The lowest BCUT2D eigenvalue weighted by molar-refractivity contribution is 0.911. The molecule has 5 nitrogen and oxygen atoms in total. The minimum Gasteiger partial charge on any atom is -0.292 e. The van der Waals surface area contributed by atoms with E-state index in [0.717, 1.165) is 0 Å². The Bertz CT molecular complexity index is 417. The van der Waals surface area contributed by atoms with Crippen molar-refractivity contribution in [1.82, 2.24) is 19.5 Å². The quantitative estimate of drug-likeness (QED) is 0.639. The zero-order valence-electron chi connectivity index (χ0n) is 6.14. The minimum atomic E-state index is -0.172. The second-order valence-electron chi connectivity index (χ2n) is 2.23. The Kier molecular flexibility index (Phi) is 1.48. The van der Waals surface area contributed by atoms with Crippen LogP contribution in [0.15, 0.2) is 35.8 Å². The number of rotatable bonds is 1. The van der Waals surface area contributed by atoms with Gasteiger partial charge in [0.15, 0.2) is 0 Å². The molecule has 2 heterocycles. The number of hydrogen-bond acceptors (Lipinski definition) is 3. The second-order valence-corrected chi connectivity index (χ2v) is 2.23. The van der Waals surface area contributed by atoms with Crippen LogP contribution in [0.4, 0.5) is 0 Å². The highest BCUT2D eigenvalue weighted by Crippen LogP contribution is 1.93. The molecule has 0 saturated heterocycles. The molecule has 2 rings (SSSR count).